The number of allylic oxidation sites excluding steroid dienone is 1. The molecule has 0 radical (unpaired) electrons. The molecule has 0 aliphatic carbocycles. The number of halogens is 1. The van der Waals surface area contributed by atoms with Gasteiger partial charge < -0.3 is 9.55 Å². The first-order valence-corrected chi connectivity index (χ1v) is 7.40. The van der Waals surface area contributed by atoms with Gasteiger partial charge in [-0.1, -0.05) is 6.07 Å². The smallest absolute Gasteiger partial charge is 0.178 e. The maximum atomic E-state index is 13.6. The molecule has 1 aromatic heterocycles. The molecular formula is C11H9FN2O2S2. The normalized spacial score (nSPS) is 21.7. The van der Waals surface area contributed by atoms with Gasteiger partial charge in [0.25, 0.3) is 0 Å². The van der Waals surface area contributed by atoms with Crippen LogP contribution in [0.5, 0.6) is 0 Å². The zero-order chi connectivity index (χ0) is 12.9. The van der Waals surface area contributed by atoms with E-state index in [-0.39, 0.29) is 11.8 Å². The Hall–Kier alpha value is -1.47. The molecule has 0 fully saturated rings. The van der Waals surface area contributed by atoms with E-state index in [4.69, 9.17) is 12.2 Å². The number of para-hydroxylation sites is 1. The minimum atomic E-state index is -3.17. The number of hydrogen-bond donors (Lipinski definition) is 1. The summed E-state index contributed by atoms with van der Waals surface area (Å²) < 4.78 is 38.4. The summed E-state index contributed by atoms with van der Waals surface area (Å²) in [6.07, 6.45) is 1.57. The molecular weight excluding hydrogens is 275 g/mol. The highest BCUT2D eigenvalue weighted by molar-refractivity contribution is 7.94. The zero-order valence-electron chi connectivity index (χ0n) is 9.13. The van der Waals surface area contributed by atoms with Crippen molar-refractivity contribution in [2.45, 2.75) is 6.04 Å². The topological polar surface area (TPSA) is 54.9 Å². The highest BCUT2D eigenvalue weighted by Gasteiger charge is 2.25. The third-order valence-corrected chi connectivity index (χ3v) is 4.62. The first-order valence-electron chi connectivity index (χ1n) is 5.28. The van der Waals surface area contributed by atoms with Gasteiger partial charge in [0.05, 0.1) is 17.3 Å². The fourth-order valence-corrected chi connectivity index (χ4v) is 3.77. The third kappa shape index (κ3) is 1.70. The Kier molecular flexibility index (Phi) is 2.43. The molecule has 18 heavy (non-hydrogen) atoms. The zero-order valence-corrected chi connectivity index (χ0v) is 10.8. The average Bonchev–Trinajstić information content (AvgIpc) is 2.79. The van der Waals surface area contributed by atoms with Crippen LogP contribution in [0.3, 0.4) is 0 Å². The lowest BCUT2D eigenvalue weighted by molar-refractivity contribution is 0.594. The van der Waals surface area contributed by atoms with Gasteiger partial charge >= 0.3 is 0 Å². The van der Waals surface area contributed by atoms with Crippen LogP contribution < -0.4 is 0 Å². The van der Waals surface area contributed by atoms with E-state index in [9.17, 15) is 12.8 Å². The molecule has 7 heteroatoms. The van der Waals surface area contributed by atoms with Crippen LogP contribution in [0.15, 0.2) is 29.7 Å². The maximum Gasteiger partial charge on any atom is 0.178 e. The third-order valence-electron chi connectivity index (χ3n) is 2.94. The predicted octanol–water partition coefficient (Wildman–Crippen LogP) is 2.32. The predicted molar refractivity (Wildman–Crippen MR) is 69.0 cm³/mol. The largest absolute Gasteiger partial charge is 0.328 e. The Morgan fingerprint density at radius 3 is 2.89 bits per heavy atom. The van der Waals surface area contributed by atoms with Crippen LogP contribution >= 0.6 is 12.2 Å². The quantitative estimate of drug-likeness (QED) is 0.818. The lowest BCUT2D eigenvalue weighted by Crippen LogP contribution is -2.11. The highest BCUT2D eigenvalue weighted by Crippen LogP contribution is 2.26. The highest BCUT2D eigenvalue weighted by atomic mass is 32.2. The molecule has 1 atom stereocenters. The number of rotatable bonds is 1. The van der Waals surface area contributed by atoms with Gasteiger partial charge in [-0.15, -0.1) is 0 Å². The van der Waals surface area contributed by atoms with Crippen LogP contribution in [0.4, 0.5) is 4.39 Å². The van der Waals surface area contributed by atoms with Crippen molar-refractivity contribution < 1.29 is 12.8 Å². The van der Waals surface area contributed by atoms with Gasteiger partial charge in [0.1, 0.15) is 11.3 Å². The second kappa shape index (κ2) is 3.76. The van der Waals surface area contributed by atoms with Gasteiger partial charge in [0.2, 0.25) is 0 Å². The number of aromatic amines is 1. The van der Waals surface area contributed by atoms with E-state index in [0.29, 0.717) is 15.8 Å². The van der Waals surface area contributed by atoms with Gasteiger partial charge in [-0.25, -0.2) is 12.8 Å². The van der Waals surface area contributed by atoms with Crippen LogP contribution in [0.25, 0.3) is 11.0 Å². The minimum absolute atomic E-state index is 0.0369. The van der Waals surface area contributed by atoms with Crippen molar-refractivity contribution in [3.63, 3.8) is 0 Å². The van der Waals surface area contributed by atoms with Crippen molar-refractivity contribution >= 4 is 33.1 Å². The molecule has 4 nitrogen and oxygen atoms in total. The molecule has 1 aliphatic heterocycles. The number of nitrogens with zero attached hydrogens (tertiary/aromatic N) is 1. The summed E-state index contributed by atoms with van der Waals surface area (Å²) >= 11 is 5.14. The molecule has 2 heterocycles. The van der Waals surface area contributed by atoms with E-state index in [2.05, 4.69) is 4.98 Å². The first kappa shape index (κ1) is 11.6. The lowest BCUT2D eigenvalue weighted by atomic mass is 10.2. The SMILES string of the molecule is O=S1(=O)C=CC(n2c(=S)[nH]c3c(F)cccc32)C1. The van der Waals surface area contributed by atoms with Crippen LogP contribution in [0, 0.1) is 10.6 Å². The number of aromatic nitrogens is 2. The van der Waals surface area contributed by atoms with Gasteiger partial charge in [-0.2, -0.15) is 0 Å². The summed E-state index contributed by atoms with van der Waals surface area (Å²) in [5.74, 6) is -0.438. The van der Waals surface area contributed by atoms with E-state index in [1.807, 2.05) is 0 Å². The molecule has 1 unspecified atom stereocenters. The number of hydrogen-bond acceptors (Lipinski definition) is 3. The monoisotopic (exact) mass is 284 g/mol. The molecule has 94 valence electrons. The van der Waals surface area contributed by atoms with Crippen LogP contribution in [-0.2, 0) is 9.84 Å². The molecule has 0 amide bonds. The molecule has 0 bridgehead atoms. The van der Waals surface area contributed by atoms with Crippen molar-refractivity contribution in [1.29, 1.82) is 0 Å². The average molecular weight is 284 g/mol. The van der Waals surface area contributed by atoms with Crippen molar-refractivity contribution in [3.05, 3.63) is 40.3 Å². The number of benzene rings is 1. The summed E-state index contributed by atoms with van der Waals surface area (Å²) in [6, 6.07) is 4.24. The summed E-state index contributed by atoms with van der Waals surface area (Å²) in [4.78, 5) is 2.77. The number of imidazole rings is 1. The Morgan fingerprint density at radius 2 is 2.22 bits per heavy atom. The Bertz CT molecular complexity index is 817. The number of sulfone groups is 1. The Labute approximate surface area is 108 Å². The molecule has 0 saturated carbocycles. The first-order chi connectivity index (χ1) is 8.48. The van der Waals surface area contributed by atoms with E-state index in [1.165, 1.54) is 11.5 Å². The van der Waals surface area contributed by atoms with Crippen molar-refractivity contribution in [1.82, 2.24) is 9.55 Å². The van der Waals surface area contributed by atoms with Crippen molar-refractivity contribution in [3.8, 4) is 0 Å². The fraction of sp³-hybridized carbons (Fsp3) is 0.182. The van der Waals surface area contributed by atoms with Gasteiger partial charge in [0, 0.05) is 5.41 Å². The van der Waals surface area contributed by atoms with Crippen molar-refractivity contribution in [2.24, 2.45) is 0 Å². The Morgan fingerprint density at radius 1 is 1.44 bits per heavy atom. The van der Waals surface area contributed by atoms with Crippen molar-refractivity contribution in [2.75, 3.05) is 5.75 Å². The molecule has 0 saturated heterocycles. The summed E-state index contributed by atoms with van der Waals surface area (Å²) in [7, 11) is -3.17. The molecule has 1 aliphatic rings. The number of nitrogens with one attached hydrogen (secondary N) is 1. The van der Waals surface area contributed by atoms with Crippen LogP contribution in [-0.4, -0.2) is 23.7 Å². The summed E-state index contributed by atoms with van der Waals surface area (Å²) in [5.41, 5.74) is 0.881. The van der Waals surface area contributed by atoms with E-state index >= 15 is 0 Å². The molecule has 0 spiro atoms. The molecule has 1 N–H and O–H groups in total. The fourth-order valence-electron chi connectivity index (χ4n) is 2.16. The second-order valence-electron chi connectivity index (χ2n) is 4.16. The van der Waals surface area contributed by atoms with E-state index < -0.39 is 15.7 Å². The van der Waals surface area contributed by atoms with Gasteiger partial charge in [-0.05, 0) is 30.4 Å². The molecule has 3 rings (SSSR count). The number of H-pyrrole nitrogens is 1. The summed E-state index contributed by atoms with van der Waals surface area (Å²) in [5, 5.41) is 1.18. The lowest BCUT2D eigenvalue weighted by Gasteiger charge is -2.10. The molecule has 2 aromatic rings. The summed E-state index contributed by atoms with van der Waals surface area (Å²) in [6.45, 7) is 0. The Balaban J connectivity index is 2.25. The van der Waals surface area contributed by atoms with Crippen LogP contribution in [0.1, 0.15) is 6.04 Å². The van der Waals surface area contributed by atoms with Gasteiger partial charge in [-0.3, -0.25) is 0 Å². The standard InChI is InChI=1S/C11H9FN2O2S2/c12-8-2-1-3-9-10(8)13-11(17)14(9)7-4-5-18(15,16)6-7/h1-5,7H,6H2,(H,13,17). The van der Waals surface area contributed by atoms with Crippen LogP contribution in [0.2, 0.25) is 0 Å². The van der Waals surface area contributed by atoms with Gasteiger partial charge in [0.15, 0.2) is 14.6 Å². The van der Waals surface area contributed by atoms with E-state index in [0.717, 1.165) is 0 Å². The van der Waals surface area contributed by atoms with E-state index in [1.54, 1.807) is 22.8 Å². The second-order valence-corrected chi connectivity index (χ2v) is 6.48. The minimum Gasteiger partial charge on any atom is -0.328 e. The molecule has 1 aromatic carbocycles. The maximum absolute atomic E-state index is 13.6. The number of fused-ring (bicyclic) bond motifs is 1.